The number of hydrogen-bond donors (Lipinski definition) is 1. The fraction of sp³-hybridized carbons (Fsp3) is 0.500. The average Bonchev–Trinajstić information content (AvgIpc) is 2.67. The van der Waals surface area contributed by atoms with Crippen LogP contribution in [0.4, 0.5) is 13.2 Å². The third-order valence-electron chi connectivity index (χ3n) is 2.36. The Morgan fingerprint density at radius 2 is 2.00 bits per heavy atom. The zero-order chi connectivity index (χ0) is 16.6. The number of carbonyl (C=O) groups is 1. The second-order valence-electron chi connectivity index (χ2n) is 4.31. The monoisotopic (exact) mass is 409 g/mol. The van der Waals surface area contributed by atoms with Gasteiger partial charge in [-0.15, -0.1) is 11.3 Å². The van der Waals surface area contributed by atoms with Gasteiger partial charge in [0.25, 0.3) is 0 Å². The van der Waals surface area contributed by atoms with Crippen LogP contribution in [0.25, 0.3) is 0 Å². The Morgan fingerprint density at radius 3 is 2.33 bits per heavy atom. The number of alkyl halides is 3. The summed E-state index contributed by atoms with van der Waals surface area (Å²) in [6, 6.07) is -0.0882. The summed E-state index contributed by atoms with van der Waals surface area (Å²) < 4.78 is 62.5. The van der Waals surface area contributed by atoms with Crippen LogP contribution in [0.5, 0.6) is 0 Å². The number of halogens is 4. The molecular formula is C10H11BrF3NO4S2. The van der Waals surface area contributed by atoms with Crippen LogP contribution in [0.1, 0.15) is 23.5 Å². The van der Waals surface area contributed by atoms with Gasteiger partial charge in [0.15, 0.2) is 0 Å². The molecule has 1 heterocycles. The molecule has 0 atom stereocenters. The summed E-state index contributed by atoms with van der Waals surface area (Å²) in [5.41, 5.74) is 0. The maximum atomic E-state index is 12.5. The molecule has 0 saturated heterocycles. The van der Waals surface area contributed by atoms with Crippen molar-refractivity contribution in [3.05, 3.63) is 14.7 Å². The molecule has 0 saturated carbocycles. The van der Waals surface area contributed by atoms with Crippen molar-refractivity contribution in [1.29, 1.82) is 0 Å². The Morgan fingerprint density at radius 1 is 1.48 bits per heavy atom. The molecule has 1 aromatic rings. The van der Waals surface area contributed by atoms with Crippen LogP contribution in [0.15, 0.2) is 14.7 Å². The Balaban J connectivity index is 3.33. The van der Waals surface area contributed by atoms with Crippen LogP contribution < -0.4 is 0 Å². The first-order valence-corrected chi connectivity index (χ1v) is 8.52. The summed E-state index contributed by atoms with van der Waals surface area (Å²) >= 11 is 3.51. The minimum Gasteiger partial charge on any atom is -0.477 e. The Kier molecular flexibility index (Phi) is 5.45. The molecule has 0 fully saturated rings. The molecule has 5 nitrogen and oxygen atoms in total. The predicted molar refractivity (Wildman–Crippen MR) is 74.1 cm³/mol. The van der Waals surface area contributed by atoms with Crippen LogP contribution in [0.2, 0.25) is 0 Å². The van der Waals surface area contributed by atoms with Crippen LogP contribution >= 0.6 is 27.3 Å². The van der Waals surface area contributed by atoms with Crippen LogP contribution in [-0.2, 0) is 10.0 Å². The molecule has 0 amide bonds. The van der Waals surface area contributed by atoms with E-state index in [9.17, 15) is 26.4 Å². The fourth-order valence-corrected chi connectivity index (χ4v) is 5.46. The summed E-state index contributed by atoms with van der Waals surface area (Å²) in [6.07, 6.45) is -4.70. The van der Waals surface area contributed by atoms with E-state index in [1.807, 2.05) is 0 Å². The fourth-order valence-electron chi connectivity index (χ4n) is 1.48. The van der Waals surface area contributed by atoms with E-state index in [0.29, 0.717) is 11.3 Å². The molecule has 0 aromatic carbocycles. The number of rotatable bonds is 5. The molecule has 1 N–H and O–H groups in total. The standard InChI is InChI=1S/C10H11BrF3NO4S2/c1-5(2)15(4-10(12,13)14)21(18,19)7-3-6(9(16)17)20-8(7)11/h3,5H,4H2,1-2H3,(H,16,17). The third-order valence-corrected chi connectivity index (χ3v) is 6.63. The molecule has 0 radical (unpaired) electrons. The highest BCUT2D eigenvalue weighted by Gasteiger charge is 2.39. The maximum absolute atomic E-state index is 12.5. The lowest BCUT2D eigenvalue weighted by Gasteiger charge is -2.26. The summed E-state index contributed by atoms with van der Waals surface area (Å²) in [5, 5.41) is 8.82. The Labute approximate surface area is 131 Å². The zero-order valence-corrected chi connectivity index (χ0v) is 14.0. The van der Waals surface area contributed by atoms with Crippen molar-refractivity contribution < 1.29 is 31.5 Å². The van der Waals surface area contributed by atoms with Gasteiger partial charge in [-0.05, 0) is 35.8 Å². The molecule has 21 heavy (non-hydrogen) atoms. The topological polar surface area (TPSA) is 74.7 Å². The lowest BCUT2D eigenvalue weighted by Crippen LogP contribution is -2.43. The number of carboxylic acid groups (broad SMARTS) is 1. The van der Waals surface area contributed by atoms with Crippen LogP contribution in [0.3, 0.4) is 0 Å². The Bertz CT molecular complexity index is 639. The van der Waals surface area contributed by atoms with E-state index in [1.54, 1.807) is 0 Å². The SMILES string of the molecule is CC(C)N(CC(F)(F)F)S(=O)(=O)c1cc(C(=O)O)sc1Br. The van der Waals surface area contributed by atoms with Gasteiger partial charge in [0.1, 0.15) is 16.3 Å². The lowest BCUT2D eigenvalue weighted by molar-refractivity contribution is -0.138. The van der Waals surface area contributed by atoms with Gasteiger partial charge in [0.05, 0.1) is 3.79 Å². The molecule has 1 aromatic heterocycles. The van der Waals surface area contributed by atoms with Crippen LogP contribution in [-0.4, -0.2) is 42.6 Å². The van der Waals surface area contributed by atoms with Gasteiger partial charge >= 0.3 is 12.1 Å². The molecule has 0 bridgehead atoms. The van der Waals surface area contributed by atoms with E-state index in [2.05, 4.69) is 15.9 Å². The van der Waals surface area contributed by atoms with Gasteiger partial charge in [-0.1, -0.05) is 0 Å². The summed E-state index contributed by atoms with van der Waals surface area (Å²) in [5.74, 6) is -1.35. The number of hydrogen-bond acceptors (Lipinski definition) is 4. The number of nitrogens with zero attached hydrogens (tertiary/aromatic N) is 1. The summed E-state index contributed by atoms with van der Waals surface area (Å²) in [7, 11) is -4.46. The first-order chi connectivity index (χ1) is 9.36. The van der Waals surface area contributed by atoms with Gasteiger partial charge in [-0.2, -0.15) is 17.5 Å². The average molecular weight is 410 g/mol. The second kappa shape index (κ2) is 6.23. The Hall–Kier alpha value is -0.650. The van der Waals surface area contributed by atoms with E-state index in [0.717, 1.165) is 6.07 Å². The van der Waals surface area contributed by atoms with Gasteiger partial charge in [0, 0.05) is 6.04 Å². The molecule has 120 valence electrons. The zero-order valence-electron chi connectivity index (χ0n) is 10.8. The third kappa shape index (κ3) is 4.41. The predicted octanol–water partition coefficient (Wildman–Crippen LogP) is 3.17. The first-order valence-electron chi connectivity index (χ1n) is 5.47. The van der Waals surface area contributed by atoms with E-state index in [1.165, 1.54) is 13.8 Å². The van der Waals surface area contributed by atoms with E-state index < -0.39 is 39.7 Å². The minimum atomic E-state index is -4.70. The van der Waals surface area contributed by atoms with Crippen molar-refractivity contribution in [3.8, 4) is 0 Å². The van der Waals surface area contributed by atoms with Crippen molar-refractivity contribution in [2.45, 2.75) is 31.0 Å². The van der Waals surface area contributed by atoms with Crippen molar-refractivity contribution in [2.24, 2.45) is 0 Å². The smallest absolute Gasteiger partial charge is 0.402 e. The number of thiophene rings is 1. The molecule has 0 aliphatic rings. The molecule has 0 aliphatic heterocycles. The largest absolute Gasteiger partial charge is 0.477 e. The molecule has 0 spiro atoms. The molecule has 0 aliphatic carbocycles. The molecular weight excluding hydrogens is 399 g/mol. The lowest BCUT2D eigenvalue weighted by atomic mass is 10.4. The number of sulfonamides is 1. The molecule has 11 heteroatoms. The minimum absolute atomic E-state index is 0.0484. The van der Waals surface area contributed by atoms with Gasteiger partial charge < -0.3 is 5.11 Å². The second-order valence-corrected chi connectivity index (χ2v) is 8.54. The van der Waals surface area contributed by atoms with Crippen molar-refractivity contribution in [3.63, 3.8) is 0 Å². The highest BCUT2D eigenvalue weighted by atomic mass is 79.9. The van der Waals surface area contributed by atoms with Crippen LogP contribution in [0, 0.1) is 0 Å². The molecule has 0 unspecified atom stereocenters. The normalized spacial score (nSPS) is 13.1. The van der Waals surface area contributed by atoms with E-state index >= 15 is 0 Å². The van der Waals surface area contributed by atoms with E-state index in [-0.39, 0.29) is 13.0 Å². The summed E-state index contributed by atoms with van der Waals surface area (Å²) in [4.78, 5) is 10.1. The quantitative estimate of drug-likeness (QED) is 0.810. The molecule has 1 rings (SSSR count). The first kappa shape index (κ1) is 18.4. The highest BCUT2D eigenvalue weighted by Crippen LogP contribution is 2.35. The van der Waals surface area contributed by atoms with Gasteiger partial charge in [0.2, 0.25) is 10.0 Å². The number of aromatic carboxylic acids is 1. The number of carboxylic acids is 1. The van der Waals surface area contributed by atoms with Crippen molar-refractivity contribution >= 4 is 43.3 Å². The van der Waals surface area contributed by atoms with E-state index in [4.69, 9.17) is 5.11 Å². The van der Waals surface area contributed by atoms with Crippen molar-refractivity contribution in [2.75, 3.05) is 6.54 Å². The maximum Gasteiger partial charge on any atom is 0.402 e. The van der Waals surface area contributed by atoms with Gasteiger partial charge in [-0.25, -0.2) is 13.2 Å². The van der Waals surface area contributed by atoms with Gasteiger partial charge in [-0.3, -0.25) is 0 Å². The highest BCUT2D eigenvalue weighted by molar-refractivity contribution is 9.11. The van der Waals surface area contributed by atoms with Crippen molar-refractivity contribution in [1.82, 2.24) is 4.31 Å². The summed E-state index contributed by atoms with van der Waals surface area (Å²) in [6.45, 7) is 0.973.